The van der Waals surface area contributed by atoms with Crippen LogP contribution in [0.2, 0.25) is 0 Å². The second-order valence-corrected chi connectivity index (χ2v) is 10.6. The number of primary amides is 1. The van der Waals surface area contributed by atoms with Crippen molar-refractivity contribution in [1.29, 1.82) is 0 Å². The summed E-state index contributed by atoms with van der Waals surface area (Å²) in [5.74, 6) is -1.01. The lowest BCUT2D eigenvalue weighted by atomic mass is 9.93. The molecule has 0 aliphatic carbocycles. The van der Waals surface area contributed by atoms with E-state index in [0.29, 0.717) is 18.5 Å². The predicted molar refractivity (Wildman–Crippen MR) is 129 cm³/mol. The van der Waals surface area contributed by atoms with E-state index in [9.17, 15) is 18.0 Å². The van der Waals surface area contributed by atoms with Crippen molar-refractivity contribution >= 4 is 27.5 Å². The number of hydrogen-bond donors (Lipinski definition) is 1. The fourth-order valence-corrected chi connectivity index (χ4v) is 6.70. The highest BCUT2D eigenvalue weighted by molar-refractivity contribution is 7.92. The fourth-order valence-electron chi connectivity index (χ4n) is 4.96. The van der Waals surface area contributed by atoms with Crippen LogP contribution in [-0.2, 0) is 34.2 Å². The molecule has 174 valence electrons. The summed E-state index contributed by atoms with van der Waals surface area (Å²) in [5, 5.41) is 0. The van der Waals surface area contributed by atoms with E-state index in [-0.39, 0.29) is 23.0 Å². The zero-order chi connectivity index (χ0) is 24.0. The number of rotatable bonds is 4. The molecule has 0 fully saturated rings. The number of carbonyl (C=O) groups is 2. The van der Waals surface area contributed by atoms with Gasteiger partial charge in [0.1, 0.15) is 6.04 Å². The molecule has 5 rings (SSSR count). The molecule has 2 aliphatic rings. The van der Waals surface area contributed by atoms with Crippen molar-refractivity contribution in [3.63, 3.8) is 0 Å². The average Bonchev–Trinajstić information content (AvgIpc) is 3.19. The molecule has 2 atom stereocenters. The normalized spacial score (nSPS) is 19.4. The summed E-state index contributed by atoms with van der Waals surface area (Å²) >= 11 is 0. The summed E-state index contributed by atoms with van der Waals surface area (Å²) in [6.45, 7) is 2.10. The Balaban J connectivity index is 1.50. The Labute approximate surface area is 198 Å². The lowest BCUT2D eigenvalue weighted by Crippen LogP contribution is -2.51. The van der Waals surface area contributed by atoms with Crippen molar-refractivity contribution < 1.29 is 18.0 Å². The zero-order valence-corrected chi connectivity index (χ0v) is 19.5. The third-order valence-corrected chi connectivity index (χ3v) is 8.54. The van der Waals surface area contributed by atoms with E-state index in [0.717, 1.165) is 16.7 Å². The second kappa shape index (κ2) is 8.29. The van der Waals surface area contributed by atoms with Gasteiger partial charge in [-0.1, -0.05) is 48.5 Å². The number of fused-ring (bicyclic) bond motifs is 2. The molecule has 3 aromatic carbocycles. The van der Waals surface area contributed by atoms with Crippen molar-refractivity contribution in [2.45, 2.75) is 43.3 Å². The van der Waals surface area contributed by atoms with Crippen LogP contribution in [0.3, 0.4) is 0 Å². The second-order valence-electron chi connectivity index (χ2n) is 8.83. The maximum absolute atomic E-state index is 13.6. The van der Waals surface area contributed by atoms with Crippen LogP contribution in [0.4, 0.5) is 5.69 Å². The molecule has 2 amide bonds. The van der Waals surface area contributed by atoms with Crippen LogP contribution in [0.1, 0.15) is 34.0 Å². The standard InChI is InChI=1S/C26H25N3O4S/c1-17-13-19-8-4-5-12-23(19)29(17)34(32,33)22-11-6-10-20(14-22)26(31)28-16-21-9-3-2-7-18(21)15-24(28)25(27)30/h2-12,14,17,24H,13,15-16H2,1H3,(H2,27,30)/t17-,24+/m0/s1. The van der Waals surface area contributed by atoms with Crippen molar-refractivity contribution in [2.24, 2.45) is 5.73 Å². The minimum atomic E-state index is -3.90. The Hall–Kier alpha value is -3.65. The van der Waals surface area contributed by atoms with Crippen LogP contribution in [0.25, 0.3) is 0 Å². The van der Waals surface area contributed by atoms with Crippen LogP contribution >= 0.6 is 0 Å². The Morgan fingerprint density at radius 3 is 2.29 bits per heavy atom. The third kappa shape index (κ3) is 3.64. The molecule has 8 heteroatoms. The summed E-state index contributed by atoms with van der Waals surface area (Å²) in [7, 11) is -3.90. The Morgan fingerprint density at radius 2 is 1.56 bits per heavy atom. The molecule has 3 aromatic rings. The number of benzene rings is 3. The number of para-hydroxylation sites is 1. The molecule has 0 unspecified atom stereocenters. The number of nitrogens with two attached hydrogens (primary N) is 1. The van der Waals surface area contributed by atoms with Crippen molar-refractivity contribution in [3.8, 4) is 0 Å². The number of hydrogen-bond acceptors (Lipinski definition) is 4. The van der Waals surface area contributed by atoms with Gasteiger partial charge in [0.25, 0.3) is 15.9 Å². The minimum absolute atomic E-state index is 0.0370. The third-order valence-electron chi connectivity index (χ3n) is 6.62. The number of carbonyl (C=O) groups excluding carboxylic acids is 2. The Morgan fingerprint density at radius 1 is 0.882 bits per heavy atom. The zero-order valence-electron chi connectivity index (χ0n) is 18.7. The summed E-state index contributed by atoms with van der Waals surface area (Å²) in [4.78, 5) is 27.2. The van der Waals surface area contributed by atoms with Crippen LogP contribution in [0.5, 0.6) is 0 Å². The molecule has 0 aromatic heterocycles. The molecule has 0 bridgehead atoms. The van der Waals surface area contributed by atoms with E-state index in [4.69, 9.17) is 5.73 Å². The summed E-state index contributed by atoms with van der Waals surface area (Å²) in [6, 6.07) is 20.0. The molecule has 34 heavy (non-hydrogen) atoms. The highest BCUT2D eigenvalue weighted by Crippen LogP contribution is 2.36. The van der Waals surface area contributed by atoms with Gasteiger partial charge in [-0.2, -0.15) is 0 Å². The molecule has 2 N–H and O–H groups in total. The molecule has 0 radical (unpaired) electrons. The van der Waals surface area contributed by atoms with Crippen LogP contribution in [-0.4, -0.2) is 37.2 Å². The van der Waals surface area contributed by atoms with Gasteiger partial charge >= 0.3 is 0 Å². The molecule has 2 aliphatic heterocycles. The lowest BCUT2D eigenvalue weighted by molar-refractivity contribution is -0.122. The average molecular weight is 476 g/mol. The first kappa shape index (κ1) is 22.2. The lowest BCUT2D eigenvalue weighted by Gasteiger charge is -2.35. The maximum Gasteiger partial charge on any atom is 0.264 e. The first-order valence-corrected chi connectivity index (χ1v) is 12.6. The molecule has 7 nitrogen and oxygen atoms in total. The van der Waals surface area contributed by atoms with Gasteiger partial charge in [-0.25, -0.2) is 8.42 Å². The minimum Gasteiger partial charge on any atom is -0.368 e. The highest BCUT2D eigenvalue weighted by Gasteiger charge is 2.37. The number of amides is 2. The van der Waals surface area contributed by atoms with Crippen LogP contribution in [0.15, 0.2) is 77.7 Å². The summed E-state index contributed by atoms with van der Waals surface area (Å²) in [6.07, 6.45) is 0.957. The molecule has 0 saturated carbocycles. The van der Waals surface area contributed by atoms with E-state index in [1.807, 2.05) is 49.4 Å². The number of sulfonamides is 1. The summed E-state index contributed by atoms with van der Waals surface area (Å²) < 4.78 is 28.7. The monoisotopic (exact) mass is 475 g/mol. The quantitative estimate of drug-likeness (QED) is 0.627. The van der Waals surface area contributed by atoms with Gasteiger partial charge in [-0.05, 0) is 54.3 Å². The topological polar surface area (TPSA) is 101 Å². The molecule has 2 heterocycles. The number of nitrogens with zero attached hydrogens (tertiary/aromatic N) is 2. The fraction of sp³-hybridized carbons (Fsp3) is 0.231. The van der Waals surface area contributed by atoms with Crippen molar-refractivity contribution in [3.05, 3.63) is 95.1 Å². The smallest absolute Gasteiger partial charge is 0.264 e. The first-order valence-electron chi connectivity index (χ1n) is 11.2. The van der Waals surface area contributed by atoms with Crippen LogP contribution in [0, 0.1) is 0 Å². The molecule has 0 spiro atoms. The highest BCUT2D eigenvalue weighted by atomic mass is 32.2. The van der Waals surface area contributed by atoms with Gasteiger partial charge in [-0.3, -0.25) is 13.9 Å². The van der Waals surface area contributed by atoms with E-state index in [2.05, 4.69) is 0 Å². The van der Waals surface area contributed by atoms with Gasteiger partial charge < -0.3 is 10.6 Å². The Bertz CT molecular complexity index is 1400. The van der Waals surface area contributed by atoms with E-state index >= 15 is 0 Å². The van der Waals surface area contributed by atoms with E-state index in [1.54, 1.807) is 18.2 Å². The molecule has 0 saturated heterocycles. The summed E-state index contributed by atoms with van der Waals surface area (Å²) in [5.41, 5.74) is 9.40. The van der Waals surface area contributed by atoms with Crippen molar-refractivity contribution in [1.82, 2.24) is 4.90 Å². The van der Waals surface area contributed by atoms with Crippen molar-refractivity contribution in [2.75, 3.05) is 4.31 Å². The van der Waals surface area contributed by atoms with Gasteiger partial charge in [0.2, 0.25) is 5.91 Å². The number of anilines is 1. The Kier molecular flexibility index (Phi) is 5.40. The molecular formula is C26H25N3O4S. The first-order chi connectivity index (χ1) is 16.3. The van der Waals surface area contributed by atoms with Gasteiger partial charge in [0.05, 0.1) is 10.6 Å². The maximum atomic E-state index is 13.6. The van der Waals surface area contributed by atoms with Crippen LogP contribution < -0.4 is 10.0 Å². The van der Waals surface area contributed by atoms with E-state index < -0.39 is 27.9 Å². The predicted octanol–water partition coefficient (Wildman–Crippen LogP) is 2.88. The SMILES string of the molecule is C[C@H]1Cc2ccccc2N1S(=O)(=O)c1cccc(C(=O)N2Cc3ccccc3C[C@@H]2C(N)=O)c1. The van der Waals surface area contributed by atoms with E-state index in [1.165, 1.54) is 21.3 Å². The molecular weight excluding hydrogens is 450 g/mol. The van der Waals surface area contributed by atoms with Gasteiger partial charge in [-0.15, -0.1) is 0 Å². The largest absolute Gasteiger partial charge is 0.368 e. The van der Waals surface area contributed by atoms with Gasteiger partial charge in [0.15, 0.2) is 0 Å². The van der Waals surface area contributed by atoms with Gasteiger partial charge in [0, 0.05) is 24.6 Å².